The number of carbonyl (C=O) groups is 5. The lowest BCUT2D eigenvalue weighted by atomic mass is 9.99. The number of H-pyrrole nitrogens is 1. The molecule has 4 aliphatic heterocycles. The highest BCUT2D eigenvalue weighted by Crippen LogP contribution is 2.33. The first-order chi connectivity index (χ1) is 30.3. The molecule has 0 aliphatic carbocycles. The molecule has 2 aromatic heterocycles. The number of halogens is 3. The van der Waals surface area contributed by atoms with Crippen LogP contribution in [0.3, 0.4) is 0 Å². The Morgan fingerprint density at radius 3 is 2.38 bits per heavy atom. The molecule has 6 heterocycles. The van der Waals surface area contributed by atoms with Crippen molar-refractivity contribution in [2.45, 2.75) is 31.5 Å². The van der Waals surface area contributed by atoms with Crippen LogP contribution in [-0.4, -0.2) is 127 Å². The van der Waals surface area contributed by atoms with E-state index < -0.39 is 81.3 Å². The van der Waals surface area contributed by atoms with Gasteiger partial charge in [-0.15, -0.1) is 0 Å². The number of piperidine rings is 1. The maximum atomic E-state index is 15.7. The van der Waals surface area contributed by atoms with Crippen LogP contribution in [0, 0.1) is 11.6 Å². The highest BCUT2D eigenvalue weighted by Gasteiger charge is 2.45. The van der Waals surface area contributed by atoms with Crippen LogP contribution in [0.5, 0.6) is 5.75 Å². The number of amides is 4. The molecule has 0 spiro atoms. The van der Waals surface area contributed by atoms with E-state index in [0.717, 1.165) is 58.8 Å². The predicted molar refractivity (Wildman–Crippen MR) is 222 cm³/mol. The first-order valence-corrected chi connectivity index (χ1v) is 21.7. The minimum absolute atomic E-state index is 0.00885. The molecular formula is C43H39F3N8O8S. The summed E-state index contributed by atoms with van der Waals surface area (Å²) >= 11 is 0. The summed E-state index contributed by atoms with van der Waals surface area (Å²) in [6.07, 6.45) is 1.64. The lowest BCUT2D eigenvalue weighted by Crippen LogP contribution is -2.54. The third-order valence-electron chi connectivity index (χ3n) is 11.8. The van der Waals surface area contributed by atoms with E-state index in [2.05, 4.69) is 25.1 Å². The van der Waals surface area contributed by atoms with Gasteiger partial charge >= 0.3 is 10.2 Å². The van der Waals surface area contributed by atoms with Crippen molar-refractivity contribution in [1.82, 2.24) is 29.4 Å². The van der Waals surface area contributed by atoms with E-state index in [0.29, 0.717) is 35.5 Å². The molecule has 0 bridgehead atoms. The highest BCUT2D eigenvalue weighted by molar-refractivity contribution is 7.90. The molecule has 63 heavy (non-hydrogen) atoms. The SMILES string of the molecule is O=C1CCC(N2C(=O)c3ccc(OCCN4CCN(c5ccc(-c6cnc7[nH]cc(C(=O)c8c(F)ccc(NS(=O)(=O)N9CC[C@@H](F)C9)c8F)c7c6)cc5)CC4)cc3C2=O)C(=O)N1. The number of alkyl halides is 1. The zero-order valence-corrected chi connectivity index (χ0v) is 34.2. The van der Waals surface area contributed by atoms with Crippen molar-refractivity contribution in [3.05, 3.63) is 107 Å². The topological polar surface area (TPSA) is 194 Å². The van der Waals surface area contributed by atoms with Crippen LogP contribution in [0.4, 0.5) is 24.5 Å². The third-order valence-corrected chi connectivity index (χ3v) is 13.3. The monoisotopic (exact) mass is 884 g/mol. The van der Waals surface area contributed by atoms with Crippen molar-refractivity contribution < 1.29 is 50.3 Å². The molecule has 16 nitrogen and oxygen atoms in total. The van der Waals surface area contributed by atoms with Crippen LogP contribution in [0.15, 0.2) is 73.1 Å². The molecule has 3 aromatic carbocycles. The number of nitrogens with one attached hydrogen (secondary N) is 3. The summed E-state index contributed by atoms with van der Waals surface area (Å²) in [5, 5.41) is 2.49. The number of ether oxygens (including phenoxy) is 1. The Morgan fingerprint density at radius 2 is 1.65 bits per heavy atom. The molecule has 1 unspecified atom stereocenters. The van der Waals surface area contributed by atoms with Gasteiger partial charge < -0.3 is 14.6 Å². The molecule has 4 aliphatic rings. The van der Waals surface area contributed by atoms with Gasteiger partial charge in [0.25, 0.3) is 11.8 Å². The van der Waals surface area contributed by atoms with Crippen LogP contribution in [0.25, 0.3) is 22.2 Å². The summed E-state index contributed by atoms with van der Waals surface area (Å²) < 4.78 is 78.9. The molecule has 4 amide bonds. The largest absolute Gasteiger partial charge is 0.492 e. The zero-order valence-electron chi connectivity index (χ0n) is 33.4. The molecule has 5 aromatic rings. The number of aromatic nitrogens is 2. The third kappa shape index (κ3) is 8.00. The summed E-state index contributed by atoms with van der Waals surface area (Å²) in [4.78, 5) is 76.5. The van der Waals surface area contributed by atoms with E-state index in [4.69, 9.17) is 4.74 Å². The lowest BCUT2D eigenvalue weighted by Gasteiger charge is -2.36. The average molecular weight is 885 g/mol. The Morgan fingerprint density at radius 1 is 0.889 bits per heavy atom. The fourth-order valence-electron chi connectivity index (χ4n) is 8.36. The maximum Gasteiger partial charge on any atom is 0.301 e. The van der Waals surface area contributed by atoms with Crippen LogP contribution in [-0.2, 0) is 19.8 Å². The standard InChI is InChI=1S/C43H39F3N8O8S/c44-26-11-12-53(23-26)63(60,61)50-34-8-7-33(45)37(38(34)46)39(56)32-22-48-40-30(32)19-25(21-47-40)24-1-3-27(4-2-24)52-15-13-51(14-16-52)17-18-62-28-5-6-29-31(20-28)43(59)54(42(29)58)35-9-10-36(55)49-41(35)57/h1-8,19-22,26,35,50H,9-18,23H2,(H,47,48)(H,49,55,57)/t26-,35?/m1/s1. The molecule has 3 saturated heterocycles. The summed E-state index contributed by atoms with van der Waals surface area (Å²) in [6, 6.07) is 14.7. The summed E-state index contributed by atoms with van der Waals surface area (Å²) in [5.74, 6) is -5.49. The number of piperazine rings is 1. The normalized spacial score (nSPS) is 19.8. The molecular weight excluding hydrogens is 846 g/mol. The van der Waals surface area contributed by atoms with E-state index in [1.165, 1.54) is 18.3 Å². The van der Waals surface area contributed by atoms with Crippen LogP contribution >= 0.6 is 0 Å². The van der Waals surface area contributed by atoms with Gasteiger partial charge in [-0.05, 0) is 66.9 Å². The van der Waals surface area contributed by atoms with E-state index >= 15 is 8.78 Å². The Labute approximate surface area is 358 Å². The summed E-state index contributed by atoms with van der Waals surface area (Å²) in [7, 11) is -4.37. The maximum absolute atomic E-state index is 15.7. The average Bonchev–Trinajstić information content (AvgIpc) is 3.98. The number of pyridine rings is 1. The first-order valence-electron chi connectivity index (χ1n) is 20.2. The number of hydrogen-bond acceptors (Lipinski definition) is 11. The van der Waals surface area contributed by atoms with Crippen molar-refractivity contribution in [2.24, 2.45) is 0 Å². The van der Waals surface area contributed by atoms with Crippen molar-refractivity contribution in [2.75, 3.05) is 62.0 Å². The van der Waals surface area contributed by atoms with E-state index in [9.17, 15) is 36.8 Å². The second-order valence-corrected chi connectivity index (χ2v) is 17.3. The van der Waals surface area contributed by atoms with Gasteiger partial charge in [-0.1, -0.05) is 12.1 Å². The Bertz CT molecular complexity index is 2810. The van der Waals surface area contributed by atoms with E-state index in [1.54, 1.807) is 18.3 Å². The second-order valence-electron chi connectivity index (χ2n) is 15.7. The number of anilines is 2. The van der Waals surface area contributed by atoms with Gasteiger partial charge in [0, 0.05) is 86.8 Å². The van der Waals surface area contributed by atoms with Crippen LogP contribution in [0.1, 0.15) is 55.9 Å². The van der Waals surface area contributed by atoms with Gasteiger partial charge in [0.1, 0.15) is 36.0 Å². The molecule has 326 valence electrons. The molecule has 3 fully saturated rings. The number of imide groups is 2. The van der Waals surface area contributed by atoms with Gasteiger partial charge in [-0.3, -0.25) is 43.8 Å². The van der Waals surface area contributed by atoms with Gasteiger partial charge in [0.2, 0.25) is 17.6 Å². The van der Waals surface area contributed by atoms with Crippen molar-refractivity contribution >= 4 is 62.0 Å². The molecule has 3 N–H and O–H groups in total. The van der Waals surface area contributed by atoms with Crippen molar-refractivity contribution in [1.29, 1.82) is 0 Å². The quantitative estimate of drug-likeness (QED) is 0.121. The second kappa shape index (κ2) is 16.6. The fraction of sp³-hybridized carbons (Fsp3) is 0.302. The number of rotatable bonds is 12. The summed E-state index contributed by atoms with van der Waals surface area (Å²) in [6.45, 7) is 3.41. The number of hydrogen-bond donors (Lipinski definition) is 3. The van der Waals surface area contributed by atoms with Crippen LogP contribution < -0.4 is 19.7 Å². The Balaban J connectivity index is 0.804. The highest BCUT2D eigenvalue weighted by atomic mass is 32.2. The van der Waals surface area contributed by atoms with Gasteiger partial charge in [-0.2, -0.15) is 12.7 Å². The predicted octanol–water partition coefficient (Wildman–Crippen LogP) is 4.04. The van der Waals surface area contributed by atoms with Gasteiger partial charge in [0.15, 0.2) is 5.82 Å². The van der Waals surface area contributed by atoms with E-state index in [1.807, 2.05) is 29.0 Å². The molecule has 20 heteroatoms. The van der Waals surface area contributed by atoms with Crippen LogP contribution in [0.2, 0.25) is 0 Å². The molecule has 0 saturated carbocycles. The van der Waals surface area contributed by atoms with Crippen molar-refractivity contribution in [3.63, 3.8) is 0 Å². The number of carbonyl (C=O) groups excluding carboxylic acids is 5. The number of nitrogens with zero attached hydrogens (tertiary/aromatic N) is 5. The van der Waals surface area contributed by atoms with E-state index in [-0.39, 0.29) is 42.5 Å². The fourth-order valence-corrected chi connectivity index (χ4v) is 9.63. The minimum atomic E-state index is -4.37. The number of aromatic amines is 1. The smallest absolute Gasteiger partial charge is 0.301 e. The zero-order chi connectivity index (χ0) is 44.2. The molecule has 0 radical (unpaired) electrons. The van der Waals surface area contributed by atoms with Gasteiger partial charge in [0.05, 0.1) is 22.4 Å². The molecule has 2 atom stereocenters. The molecule has 9 rings (SSSR count). The Hall–Kier alpha value is -6.64. The lowest BCUT2D eigenvalue weighted by molar-refractivity contribution is -0.136. The van der Waals surface area contributed by atoms with Gasteiger partial charge in [-0.25, -0.2) is 18.2 Å². The van der Waals surface area contributed by atoms with Crippen molar-refractivity contribution in [3.8, 4) is 16.9 Å². The minimum Gasteiger partial charge on any atom is -0.492 e. The number of benzene rings is 3. The Kier molecular flexibility index (Phi) is 11.0. The number of fused-ring (bicyclic) bond motifs is 2. The first kappa shape index (κ1) is 41.7. The summed E-state index contributed by atoms with van der Waals surface area (Å²) in [5.41, 5.74) is 1.35. The number of ketones is 1.